The SMILES string of the molecule is CC(C)CC(O)(CC(C)C)C1=CCCO1. The lowest BCUT2D eigenvalue weighted by atomic mass is 9.83. The van der Waals surface area contributed by atoms with E-state index in [2.05, 4.69) is 27.7 Å². The molecule has 1 aliphatic heterocycles. The highest BCUT2D eigenvalue weighted by Crippen LogP contribution is 2.34. The Kier molecular flexibility index (Phi) is 4.21. The van der Waals surface area contributed by atoms with Crippen LogP contribution in [0, 0.1) is 11.8 Å². The third-order valence-electron chi connectivity index (χ3n) is 2.66. The zero-order chi connectivity index (χ0) is 11.5. The van der Waals surface area contributed by atoms with Gasteiger partial charge in [0, 0.05) is 6.42 Å². The van der Waals surface area contributed by atoms with Crippen LogP contribution in [0.4, 0.5) is 0 Å². The molecule has 1 rings (SSSR count). The molecule has 88 valence electrons. The summed E-state index contributed by atoms with van der Waals surface area (Å²) in [6, 6.07) is 0. The molecule has 1 aliphatic rings. The fraction of sp³-hybridized carbons (Fsp3) is 0.846. The predicted octanol–water partition coefficient (Wildman–Crippen LogP) is 3.11. The van der Waals surface area contributed by atoms with E-state index in [1.807, 2.05) is 6.08 Å². The molecule has 0 spiro atoms. The average Bonchev–Trinajstić information content (AvgIpc) is 2.51. The molecule has 0 atom stereocenters. The normalized spacial score (nSPS) is 17.1. The van der Waals surface area contributed by atoms with E-state index < -0.39 is 5.60 Å². The summed E-state index contributed by atoms with van der Waals surface area (Å²) in [4.78, 5) is 0. The third kappa shape index (κ3) is 3.53. The van der Waals surface area contributed by atoms with Crippen molar-refractivity contribution in [3.63, 3.8) is 0 Å². The molecule has 0 aliphatic carbocycles. The van der Waals surface area contributed by atoms with Crippen molar-refractivity contribution in [2.75, 3.05) is 6.61 Å². The second-order valence-electron chi connectivity index (χ2n) is 5.43. The van der Waals surface area contributed by atoms with Crippen molar-refractivity contribution in [1.29, 1.82) is 0 Å². The zero-order valence-corrected chi connectivity index (χ0v) is 10.4. The van der Waals surface area contributed by atoms with E-state index in [1.165, 1.54) is 0 Å². The van der Waals surface area contributed by atoms with Gasteiger partial charge in [0.05, 0.1) is 6.61 Å². The maximum Gasteiger partial charge on any atom is 0.124 e. The molecule has 0 bridgehead atoms. The summed E-state index contributed by atoms with van der Waals surface area (Å²) >= 11 is 0. The maximum atomic E-state index is 10.7. The second kappa shape index (κ2) is 5.02. The standard InChI is InChI=1S/C13H24O2/c1-10(2)8-13(14,9-11(3)4)12-6-5-7-15-12/h6,10-11,14H,5,7-9H2,1-4H3. The topological polar surface area (TPSA) is 29.5 Å². The van der Waals surface area contributed by atoms with Gasteiger partial charge in [-0.2, -0.15) is 0 Å². The summed E-state index contributed by atoms with van der Waals surface area (Å²) in [5.74, 6) is 1.78. The monoisotopic (exact) mass is 212 g/mol. The molecular formula is C13H24O2. The Morgan fingerprint density at radius 3 is 2.13 bits per heavy atom. The predicted molar refractivity (Wildman–Crippen MR) is 62.5 cm³/mol. The van der Waals surface area contributed by atoms with E-state index in [0.717, 1.165) is 31.6 Å². The van der Waals surface area contributed by atoms with E-state index in [4.69, 9.17) is 4.74 Å². The van der Waals surface area contributed by atoms with Crippen LogP contribution < -0.4 is 0 Å². The number of hydrogen-bond acceptors (Lipinski definition) is 2. The maximum absolute atomic E-state index is 10.7. The Labute approximate surface area is 93.3 Å². The Morgan fingerprint density at radius 2 is 1.80 bits per heavy atom. The lowest BCUT2D eigenvalue weighted by molar-refractivity contribution is -0.0128. The highest BCUT2D eigenvalue weighted by atomic mass is 16.5. The summed E-state index contributed by atoms with van der Waals surface area (Å²) < 4.78 is 5.53. The largest absolute Gasteiger partial charge is 0.495 e. The van der Waals surface area contributed by atoms with E-state index in [1.54, 1.807) is 0 Å². The molecule has 0 saturated heterocycles. The molecule has 15 heavy (non-hydrogen) atoms. The summed E-state index contributed by atoms with van der Waals surface area (Å²) in [7, 11) is 0. The van der Waals surface area contributed by atoms with Crippen molar-refractivity contribution >= 4 is 0 Å². The van der Waals surface area contributed by atoms with Gasteiger partial charge in [-0.25, -0.2) is 0 Å². The molecular weight excluding hydrogens is 188 g/mol. The van der Waals surface area contributed by atoms with Crippen LogP contribution in [0.2, 0.25) is 0 Å². The Bertz CT molecular complexity index is 219. The van der Waals surface area contributed by atoms with Gasteiger partial charge in [0.1, 0.15) is 11.4 Å². The van der Waals surface area contributed by atoms with Gasteiger partial charge < -0.3 is 9.84 Å². The quantitative estimate of drug-likeness (QED) is 0.758. The Morgan fingerprint density at radius 1 is 1.27 bits per heavy atom. The van der Waals surface area contributed by atoms with E-state index in [-0.39, 0.29) is 0 Å². The molecule has 0 radical (unpaired) electrons. The zero-order valence-electron chi connectivity index (χ0n) is 10.4. The highest BCUT2D eigenvalue weighted by Gasteiger charge is 2.36. The molecule has 1 N–H and O–H groups in total. The van der Waals surface area contributed by atoms with Crippen molar-refractivity contribution in [2.24, 2.45) is 11.8 Å². The van der Waals surface area contributed by atoms with Crippen molar-refractivity contribution in [1.82, 2.24) is 0 Å². The minimum Gasteiger partial charge on any atom is -0.495 e. The van der Waals surface area contributed by atoms with Crippen molar-refractivity contribution in [3.8, 4) is 0 Å². The van der Waals surface area contributed by atoms with Crippen LogP contribution in [-0.2, 0) is 4.74 Å². The van der Waals surface area contributed by atoms with Crippen LogP contribution in [-0.4, -0.2) is 17.3 Å². The van der Waals surface area contributed by atoms with Crippen molar-refractivity contribution in [2.45, 2.75) is 52.6 Å². The molecule has 0 saturated carbocycles. The first-order chi connectivity index (χ1) is 6.94. The minimum atomic E-state index is -0.737. The molecule has 0 unspecified atom stereocenters. The average molecular weight is 212 g/mol. The van der Waals surface area contributed by atoms with Gasteiger partial charge >= 0.3 is 0 Å². The fourth-order valence-corrected chi connectivity index (χ4v) is 2.38. The van der Waals surface area contributed by atoms with Crippen molar-refractivity contribution < 1.29 is 9.84 Å². The van der Waals surface area contributed by atoms with E-state index >= 15 is 0 Å². The lowest BCUT2D eigenvalue weighted by Crippen LogP contribution is -2.35. The molecule has 0 aromatic heterocycles. The molecule has 0 aromatic carbocycles. The van der Waals surface area contributed by atoms with Crippen molar-refractivity contribution in [3.05, 3.63) is 11.8 Å². The minimum absolute atomic E-state index is 0.485. The van der Waals surface area contributed by atoms with Gasteiger partial charge in [0.15, 0.2) is 0 Å². The summed E-state index contributed by atoms with van der Waals surface area (Å²) in [6.45, 7) is 9.29. The van der Waals surface area contributed by atoms with Gasteiger partial charge in [-0.05, 0) is 30.8 Å². The van der Waals surface area contributed by atoms with Crippen LogP contribution in [0.15, 0.2) is 11.8 Å². The lowest BCUT2D eigenvalue weighted by Gasteiger charge is -2.32. The van der Waals surface area contributed by atoms with Crippen LogP contribution in [0.3, 0.4) is 0 Å². The number of hydrogen-bond donors (Lipinski definition) is 1. The Hall–Kier alpha value is -0.500. The van der Waals surface area contributed by atoms with E-state index in [9.17, 15) is 5.11 Å². The smallest absolute Gasteiger partial charge is 0.124 e. The molecule has 0 aromatic rings. The van der Waals surface area contributed by atoms with Gasteiger partial charge in [-0.1, -0.05) is 27.7 Å². The number of ether oxygens (including phenoxy) is 1. The van der Waals surface area contributed by atoms with Gasteiger partial charge in [0.2, 0.25) is 0 Å². The molecule has 2 nitrogen and oxygen atoms in total. The van der Waals surface area contributed by atoms with Gasteiger partial charge in [0.25, 0.3) is 0 Å². The fourth-order valence-electron chi connectivity index (χ4n) is 2.38. The van der Waals surface area contributed by atoms with E-state index in [0.29, 0.717) is 11.8 Å². The number of rotatable bonds is 5. The second-order valence-corrected chi connectivity index (χ2v) is 5.43. The summed E-state index contributed by atoms with van der Waals surface area (Å²) in [6.07, 6.45) is 4.56. The first-order valence-corrected chi connectivity index (χ1v) is 6.00. The molecule has 2 heteroatoms. The van der Waals surface area contributed by atoms with Crippen LogP contribution >= 0.6 is 0 Å². The highest BCUT2D eigenvalue weighted by molar-refractivity contribution is 5.13. The van der Waals surface area contributed by atoms with Crippen LogP contribution in [0.25, 0.3) is 0 Å². The van der Waals surface area contributed by atoms with Crippen LogP contribution in [0.5, 0.6) is 0 Å². The first-order valence-electron chi connectivity index (χ1n) is 6.00. The number of aliphatic hydroxyl groups is 1. The summed E-state index contributed by atoms with van der Waals surface area (Å²) in [5, 5.41) is 10.7. The molecule has 0 fully saturated rings. The Balaban J connectivity index is 2.74. The van der Waals surface area contributed by atoms with Gasteiger partial charge in [-0.3, -0.25) is 0 Å². The van der Waals surface area contributed by atoms with Gasteiger partial charge in [-0.15, -0.1) is 0 Å². The first kappa shape index (κ1) is 12.6. The molecule has 1 heterocycles. The van der Waals surface area contributed by atoms with Crippen LogP contribution in [0.1, 0.15) is 47.0 Å². The summed E-state index contributed by atoms with van der Waals surface area (Å²) in [5.41, 5.74) is -0.737. The third-order valence-corrected chi connectivity index (χ3v) is 2.66. The molecule has 0 amide bonds.